The largest absolute Gasteiger partial charge is 0.478 e. The topological polar surface area (TPSA) is 69.6 Å². The normalized spacial score (nSPS) is 21.9. The molecule has 6 heteroatoms. The number of anilines is 1. The number of aromatic carboxylic acids is 1. The molecule has 2 atom stereocenters. The molecule has 1 heterocycles. The predicted molar refractivity (Wildman–Crippen MR) is 72.3 cm³/mol. The molecule has 5 nitrogen and oxygen atoms in total. The van der Waals surface area contributed by atoms with Crippen molar-refractivity contribution in [3.8, 4) is 0 Å². The molecule has 1 aromatic carbocycles. The number of nitrogens with one attached hydrogen (secondary N) is 1. The number of likely N-dealkylation sites (tertiary alicyclic amines) is 1. The summed E-state index contributed by atoms with van der Waals surface area (Å²) in [6.07, 6.45) is 0.924. The van der Waals surface area contributed by atoms with E-state index in [1.165, 1.54) is 12.1 Å². The van der Waals surface area contributed by atoms with Gasteiger partial charge >= 0.3 is 12.0 Å². The van der Waals surface area contributed by atoms with Crippen LogP contribution < -0.4 is 5.32 Å². The van der Waals surface area contributed by atoms with Crippen LogP contribution in [-0.2, 0) is 0 Å². The third kappa shape index (κ3) is 2.89. The van der Waals surface area contributed by atoms with Crippen LogP contribution in [0.25, 0.3) is 0 Å². The molecule has 1 aliphatic rings. The van der Waals surface area contributed by atoms with Gasteiger partial charge in [0, 0.05) is 12.6 Å². The Morgan fingerprint density at radius 2 is 2.10 bits per heavy atom. The maximum Gasteiger partial charge on any atom is 0.335 e. The summed E-state index contributed by atoms with van der Waals surface area (Å²) >= 11 is 0. The zero-order valence-electron chi connectivity index (χ0n) is 11.4. The number of carboxylic acids is 1. The van der Waals surface area contributed by atoms with E-state index in [1.54, 1.807) is 4.90 Å². The molecule has 1 saturated heterocycles. The zero-order valence-corrected chi connectivity index (χ0v) is 11.4. The molecule has 0 aliphatic carbocycles. The summed E-state index contributed by atoms with van der Waals surface area (Å²) < 4.78 is 13.7. The van der Waals surface area contributed by atoms with Gasteiger partial charge in [-0.05, 0) is 37.5 Å². The lowest BCUT2D eigenvalue weighted by Crippen LogP contribution is -2.37. The van der Waals surface area contributed by atoms with E-state index in [-0.39, 0.29) is 23.3 Å². The fourth-order valence-electron chi connectivity index (χ4n) is 2.52. The number of nitrogens with zero attached hydrogens (tertiary/aromatic N) is 1. The lowest BCUT2D eigenvalue weighted by molar-refractivity contribution is 0.0696. The molecule has 0 radical (unpaired) electrons. The second-order valence-electron chi connectivity index (χ2n) is 5.27. The molecule has 1 aliphatic heterocycles. The number of carboxylic acid groups (broad SMARTS) is 1. The highest BCUT2D eigenvalue weighted by molar-refractivity contribution is 5.92. The van der Waals surface area contributed by atoms with Crippen molar-refractivity contribution in [1.29, 1.82) is 0 Å². The minimum absolute atomic E-state index is 0.00764. The van der Waals surface area contributed by atoms with Crippen LogP contribution in [0.4, 0.5) is 14.9 Å². The number of halogens is 1. The highest BCUT2D eigenvalue weighted by Crippen LogP contribution is 2.24. The van der Waals surface area contributed by atoms with E-state index < -0.39 is 11.8 Å². The van der Waals surface area contributed by atoms with Crippen LogP contribution in [0, 0.1) is 11.7 Å². The highest BCUT2D eigenvalue weighted by atomic mass is 19.1. The third-order valence-corrected chi connectivity index (χ3v) is 3.50. The fraction of sp³-hybridized carbons (Fsp3) is 0.429. The van der Waals surface area contributed by atoms with Gasteiger partial charge < -0.3 is 15.3 Å². The fourth-order valence-corrected chi connectivity index (χ4v) is 2.52. The summed E-state index contributed by atoms with van der Waals surface area (Å²) in [5, 5.41) is 11.2. The molecule has 0 aromatic heterocycles. The molecule has 0 spiro atoms. The lowest BCUT2D eigenvalue weighted by atomic mass is 10.1. The van der Waals surface area contributed by atoms with Crippen molar-refractivity contribution in [3.63, 3.8) is 0 Å². The maximum absolute atomic E-state index is 13.7. The Morgan fingerprint density at radius 3 is 2.60 bits per heavy atom. The van der Waals surface area contributed by atoms with Crippen LogP contribution in [0.5, 0.6) is 0 Å². The van der Waals surface area contributed by atoms with Crippen LogP contribution in [0.3, 0.4) is 0 Å². The van der Waals surface area contributed by atoms with Gasteiger partial charge in [-0.3, -0.25) is 0 Å². The summed E-state index contributed by atoms with van der Waals surface area (Å²) in [6.45, 7) is 4.65. The van der Waals surface area contributed by atoms with Gasteiger partial charge in [-0.25, -0.2) is 14.0 Å². The van der Waals surface area contributed by atoms with Crippen LogP contribution in [0.15, 0.2) is 18.2 Å². The monoisotopic (exact) mass is 280 g/mol. The van der Waals surface area contributed by atoms with Gasteiger partial charge in [0.1, 0.15) is 5.82 Å². The highest BCUT2D eigenvalue weighted by Gasteiger charge is 2.30. The molecule has 2 rings (SSSR count). The van der Waals surface area contributed by atoms with Crippen molar-refractivity contribution in [1.82, 2.24) is 4.90 Å². The molecule has 1 fully saturated rings. The number of hydrogen-bond acceptors (Lipinski definition) is 2. The van der Waals surface area contributed by atoms with E-state index in [2.05, 4.69) is 12.2 Å². The van der Waals surface area contributed by atoms with E-state index >= 15 is 0 Å². The van der Waals surface area contributed by atoms with Crippen molar-refractivity contribution in [2.45, 2.75) is 26.3 Å². The standard InChI is InChI=1S/C14H17FN2O3/c1-8-5-9(2)17(7-8)14(20)16-12-4-3-10(13(18)19)6-11(12)15/h3-4,6,8-9H,5,7H2,1-2H3,(H,16,20)(H,18,19). The van der Waals surface area contributed by atoms with Crippen LogP contribution in [0.1, 0.15) is 30.6 Å². The molecule has 2 N–H and O–H groups in total. The van der Waals surface area contributed by atoms with E-state index in [4.69, 9.17) is 5.11 Å². The number of rotatable bonds is 2. The molecular formula is C14H17FN2O3. The number of carbonyl (C=O) groups is 2. The first-order valence-corrected chi connectivity index (χ1v) is 6.49. The first-order valence-electron chi connectivity index (χ1n) is 6.49. The van der Waals surface area contributed by atoms with E-state index in [9.17, 15) is 14.0 Å². The molecule has 20 heavy (non-hydrogen) atoms. The number of benzene rings is 1. The van der Waals surface area contributed by atoms with Gasteiger partial charge in [-0.1, -0.05) is 6.92 Å². The maximum atomic E-state index is 13.7. The molecular weight excluding hydrogens is 263 g/mol. The Morgan fingerprint density at radius 1 is 1.40 bits per heavy atom. The molecule has 0 bridgehead atoms. The number of hydrogen-bond donors (Lipinski definition) is 2. The van der Waals surface area contributed by atoms with Crippen LogP contribution in [0.2, 0.25) is 0 Å². The summed E-state index contributed by atoms with van der Waals surface area (Å²) in [5.74, 6) is -1.53. The summed E-state index contributed by atoms with van der Waals surface area (Å²) in [4.78, 5) is 24.4. The summed E-state index contributed by atoms with van der Waals surface area (Å²) in [5.41, 5.74) is -0.157. The predicted octanol–water partition coefficient (Wildman–Crippen LogP) is 2.79. The van der Waals surface area contributed by atoms with Gasteiger partial charge in [0.2, 0.25) is 0 Å². The van der Waals surface area contributed by atoms with Crippen molar-refractivity contribution in [2.75, 3.05) is 11.9 Å². The average Bonchev–Trinajstić information content (AvgIpc) is 2.70. The number of urea groups is 1. The van der Waals surface area contributed by atoms with Gasteiger partial charge in [0.15, 0.2) is 0 Å². The Balaban J connectivity index is 2.10. The van der Waals surface area contributed by atoms with Gasteiger partial charge in [-0.15, -0.1) is 0 Å². The molecule has 2 amide bonds. The molecule has 108 valence electrons. The Hall–Kier alpha value is -2.11. The molecule has 0 saturated carbocycles. The van der Waals surface area contributed by atoms with Crippen LogP contribution >= 0.6 is 0 Å². The van der Waals surface area contributed by atoms with Gasteiger partial charge in [-0.2, -0.15) is 0 Å². The minimum atomic E-state index is -1.20. The first kappa shape index (κ1) is 14.3. The smallest absolute Gasteiger partial charge is 0.335 e. The third-order valence-electron chi connectivity index (χ3n) is 3.50. The summed E-state index contributed by atoms with van der Waals surface area (Å²) in [7, 11) is 0. The van der Waals surface area contributed by atoms with Gasteiger partial charge in [0.05, 0.1) is 11.3 Å². The van der Waals surface area contributed by atoms with Crippen molar-refractivity contribution in [3.05, 3.63) is 29.6 Å². The second-order valence-corrected chi connectivity index (χ2v) is 5.27. The Kier molecular flexibility index (Phi) is 3.92. The quantitative estimate of drug-likeness (QED) is 0.875. The lowest BCUT2D eigenvalue weighted by Gasteiger charge is -2.22. The van der Waals surface area contributed by atoms with Crippen molar-refractivity contribution < 1.29 is 19.1 Å². The van der Waals surface area contributed by atoms with Crippen LogP contribution in [-0.4, -0.2) is 34.6 Å². The van der Waals surface area contributed by atoms with Crippen molar-refractivity contribution >= 4 is 17.7 Å². The van der Waals surface area contributed by atoms with Gasteiger partial charge in [0.25, 0.3) is 0 Å². The van der Waals surface area contributed by atoms with Crippen molar-refractivity contribution in [2.24, 2.45) is 5.92 Å². The second kappa shape index (κ2) is 5.48. The Labute approximate surface area is 116 Å². The molecule has 1 aromatic rings. The summed E-state index contributed by atoms with van der Waals surface area (Å²) in [6, 6.07) is 3.18. The number of carbonyl (C=O) groups excluding carboxylic acids is 1. The van der Waals surface area contributed by atoms with E-state index in [0.29, 0.717) is 12.5 Å². The minimum Gasteiger partial charge on any atom is -0.478 e. The average molecular weight is 280 g/mol. The number of amides is 2. The van der Waals surface area contributed by atoms with E-state index in [0.717, 1.165) is 12.5 Å². The first-order chi connectivity index (χ1) is 9.38. The van der Waals surface area contributed by atoms with E-state index in [1.807, 2.05) is 6.92 Å². The SMILES string of the molecule is CC1CC(C)N(C(=O)Nc2ccc(C(=O)O)cc2F)C1. The zero-order chi connectivity index (χ0) is 14.9. The molecule has 2 unspecified atom stereocenters. The Bertz CT molecular complexity index is 547.